The van der Waals surface area contributed by atoms with Gasteiger partial charge < -0.3 is 14.9 Å². The molecule has 1 aliphatic heterocycles. The summed E-state index contributed by atoms with van der Waals surface area (Å²) < 4.78 is 10.5. The monoisotopic (exact) mass is 182 g/mol. The van der Waals surface area contributed by atoms with E-state index in [0.29, 0.717) is 18.4 Å². The maximum Gasteiger partial charge on any atom is 0.207 e. The fourth-order valence-electron chi connectivity index (χ4n) is 1.60. The van der Waals surface area contributed by atoms with E-state index in [0.717, 1.165) is 31.7 Å². The molecule has 0 unspecified atom stereocenters. The number of ether oxygens (including phenoxy) is 1. The molecular formula is C9H14N2O2. The van der Waals surface area contributed by atoms with Crippen molar-refractivity contribution in [2.45, 2.75) is 25.3 Å². The van der Waals surface area contributed by atoms with Crippen molar-refractivity contribution in [1.82, 2.24) is 4.98 Å². The Morgan fingerprint density at radius 1 is 1.46 bits per heavy atom. The zero-order valence-electron chi connectivity index (χ0n) is 7.53. The molecule has 0 atom stereocenters. The molecule has 2 N–H and O–H groups in total. The zero-order chi connectivity index (χ0) is 9.10. The number of nitrogens with zero attached hydrogens (tertiary/aromatic N) is 1. The van der Waals surface area contributed by atoms with E-state index >= 15 is 0 Å². The number of oxazole rings is 1. The second-order valence-electron chi connectivity index (χ2n) is 3.26. The Morgan fingerprint density at radius 3 is 2.85 bits per heavy atom. The molecule has 0 bridgehead atoms. The van der Waals surface area contributed by atoms with E-state index in [1.165, 1.54) is 0 Å². The summed E-state index contributed by atoms with van der Waals surface area (Å²) in [7, 11) is 0. The van der Waals surface area contributed by atoms with Gasteiger partial charge in [-0.2, -0.15) is 0 Å². The van der Waals surface area contributed by atoms with Crippen molar-refractivity contribution >= 4 is 0 Å². The summed E-state index contributed by atoms with van der Waals surface area (Å²) in [5, 5.41) is 0. The van der Waals surface area contributed by atoms with E-state index in [-0.39, 0.29) is 0 Å². The van der Waals surface area contributed by atoms with Gasteiger partial charge in [0.2, 0.25) is 5.89 Å². The Hall–Kier alpha value is -0.870. The smallest absolute Gasteiger partial charge is 0.207 e. The van der Waals surface area contributed by atoms with Crippen LogP contribution < -0.4 is 5.73 Å². The van der Waals surface area contributed by atoms with Gasteiger partial charge in [0, 0.05) is 19.1 Å². The van der Waals surface area contributed by atoms with Crippen molar-refractivity contribution in [3.05, 3.63) is 17.8 Å². The highest BCUT2D eigenvalue weighted by atomic mass is 16.5. The van der Waals surface area contributed by atoms with Crippen molar-refractivity contribution in [2.75, 3.05) is 13.2 Å². The van der Waals surface area contributed by atoms with Crippen LogP contribution in [0.2, 0.25) is 0 Å². The minimum Gasteiger partial charge on any atom is -0.447 e. The molecule has 0 saturated carbocycles. The third kappa shape index (κ3) is 1.89. The van der Waals surface area contributed by atoms with Gasteiger partial charge >= 0.3 is 0 Å². The van der Waals surface area contributed by atoms with Crippen molar-refractivity contribution in [2.24, 2.45) is 5.73 Å². The van der Waals surface area contributed by atoms with Crippen molar-refractivity contribution in [1.29, 1.82) is 0 Å². The summed E-state index contributed by atoms with van der Waals surface area (Å²) in [5.41, 5.74) is 6.44. The van der Waals surface area contributed by atoms with E-state index in [1.54, 1.807) is 6.26 Å². The quantitative estimate of drug-likeness (QED) is 0.742. The number of nitrogens with two attached hydrogens (primary N) is 1. The largest absolute Gasteiger partial charge is 0.447 e. The standard InChI is InChI=1S/C9H14N2O2/c10-5-9-11-8(6-13-9)7-1-3-12-4-2-7/h6-7H,1-5,10H2. The van der Waals surface area contributed by atoms with Gasteiger partial charge in [-0.15, -0.1) is 0 Å². The summed E-state index contributed by atoms with van der Waals surface area (Å²) in [6.45, 7) is 2.04. The maximum absolute atomic E-state index is 5.41. The molecule has 4 nitrogen and oxygen atoms in total. The Kier molecular flexibility index (Phi) is 2.61. The molecule has 0 radical (unpaired) electrons. The molecule has 0 spiro atoms. The topological polar surface area (TPSA) is 61.3 Å². The van der Waals surface area contributed by atoms with E-state index in [4.69, 9.17) is 14.9 Å². The molecule has 4 heteroatoms. The fraction of sp³-hybridized carbons (Fsp3) is 0.667. The maximum atomic E-state index is 5.41. The van der Waals surface area contributed by atoms with E-state index in [2.05, 4.69) is 4.98 Å². The fourth-order valence-corrected chi connectivity index (χ4v) is 1.60. The highest BCUT2D eigenvalue weighted by Gasteiger charge is 2.18. The summed E-state index contributed by atoms with van der Waals surface area (Å²) in [5.74, 6) is 1.12. The predicted molar refractivity (Wildman–Crippen MR) is 47.2 cm³/mol. The summed E-state index contributed by atoms with van der Waals surface area (Å²) in [6, 6.07) is 0. The Bertz CT molecular complexity index is 266. The Morgan fingerprint density at radius 2 is 2.23 bits per heavy atom. The Labute approximate surface area is 77.1 Å². The molecule has 1 fully saturated rings. The summed E-state index contributed by atoms with van der Waals surface area (Å²) in [4.78, 5) is 4.31. The van der Waals surface area contributed by atoms with Crippen LogP contribution in [0.1, 0.15) is 30.3 Å². The van der Waals surface area contributed by atoms with E-state index in [9.17, 15) is 0 Å². The van der Waals surface area contributed by atoms with Gasteiger partial charge in [-0.05, 0) is 12.8 Å². The lowest BCUT2D eigenvalue weighted by molar-refractivity contribution is 0.0845. The van der Waals surface area contributed by atoms with Gasteiger partial charge in [-0.3, -0.25) is 0 Å². The third-order valence-corrected chi connectivity index (χ3v) is 2.38. The van der Waals surface area contributed by atoms with Crippen LogP contribution in [-0.4, -0.2) is 18.2 Å². The van der Waals surface area contributed by atoms with Gasteiger partial charge in [0.1, 0.15) is 6.26 Å². The van der Waals surface area contributed by atoms with Gasteiger partial charge in [0.25, 0.3) is 0 Å². The first kappa shape index (κ1) is 8.72. The summed E-state index contributed by atoms with van der Waals surface area (Å²) >= 11 is 0. The van der Waals surface area contributed by atoms with E-state index in [1.807, 2.05) is 0 Å². The third-order valence-electron chi connectivity index (χ3n) is 2.38. The van der Waals surface area contributed by atoms with Crippen LogP contribution in [0, 0.1) is 0 Å². The molecule has 0 aromatic carbocycles. The first-order valence-electron chi connectivity index (χ1n) is 4.62. The molecule has 1 aliphatic rings. The second kappa shape index (κ2) is 3.89. The van der Waals surface area contributed by atoms with Gasteiger partial charge in [0.05, 0.1) is 12.2 Å². The van der Waals surface area contributed by atoms with Gasteiger partial charge in [-0.1, -0.05) is 0 Å². The summed E-state index contributed by atoms with van der Waals surface area (Å²) in [6.07, 6.45) is 3.80. The van der Waals surface area contributed by atoms with Crippen LogP contribution in [0.25, 0.3) is 0 Å². The van der Waals surface area contributed by atoms with E-state index < -0.39 is 0 Å². The molecule has 0 aliphatic carbocycles. The van der Waals surface area contributed by atoms with Crippen LogP contribution in [-0.2, 0) is 11.3 Å². The molecule has 1 aromatic heterocycles. The minimum absolute atomic E-state index is 0.378. The molecular weight excluding hydrogens is 168 g/mol. The highest BCUT2D eigenvalue weighted by molar-refractivity contribution is 5.04. The van der Waals surface area contributed by atoms with Crippen molar-refractivity contribution in [3.8, 4) is 0 Å². The normalized spacial score (nSPS) is 19.2. The van der Waals surface area contributed by atoms with Crippen LogP contribution in [0.5, 0.6) is 0 Å². The van der Waals surface area contributed by atoms with Crippen molar-refractivity contribution in [3.63, 3.8) is 0 Å². The number of aromatic nitrogens is 1. The molecule has 1 saturated heterocycles. The molecule has 0 amide bonds. The SMILES string of the molecule is NCc1nc(C2CCOCC2)co1. The minimum atomic E-state index is 0.378. The Balaban J connectivity index is 2.05. The molecule has 13 heavy (non-hydrogen) atoms. The first-order valence-corrected chi connectivity index (χ1v) is 4.62. The molecule has 72 valence electrons. The van der Waals surface area contributed by atoms with Gasteiger partial charge in [0.15, 0.2) is 0 Å². The van der Waals surface area contributed by atoms with Gasteiger partial charge in [-0.25, -0.2) is 4.98 Å². The zero-order valence-corrected chi connectivity index (χ0v) is 7.53. The average molecular weight is 182 g/mol. The molecule has 2 heterocycles. The van der Waals surface area contributed by atoms with Crippen LogP contribution in [0.3, 0.4) is 0 Å². The number of hydrogen-bond donors (Lipinski definition) is 1. The lowest BCUT2D eigenvalue weighted by Gasteiger charge is -2.19. The van der Waals surface area contributed by atoms with Crippen LogP contribution in [0.15, 0.2) is 10.7 Å². The number of hydrogen-bond acceptors (Lipinski definition) is 4. The molecule has 2 rings (SSSR count). The first-order chi connectivity index (χ1) is 6.40. The molecule has 1 aromatic rings. The predicted octanol–water partition coefficient (Wildman–Crippen LogP) is 1.03. The lowest BCUT2D eigenvalue weighted by atomic mass is 9.97. The van der Waals surface area contributed by atoms with Crippen molar-refractivity contribution < 1.29 is 9.15 Å². The number of rotatable bonds is 2. The lowest BCUT2D eigenvalue weighted by Crippen LogP contribution is -2.14. The highest BCUT2D eigenvalue weighted by Crippen LogP contribution is 2.25. The van der Waals surface area contributed by atoms with Crippen LogP contribution >= 0.6 is 0 Å². The second-order valence-corrected chi connectivity index (χ2v) is 3.26. The van der Waals surface area contributed by atoms with Crippen LogP contribution in [0.4, 0.5) is 0 Å². The average Bonchev–Trinajstić information content (AvgIpc) is 2.67.